The van der Waals surface area contributed by atoms with Crippen LogP contribution >= 0.6 is 0 Å². The van der Waals surface area contributed by atoms with Crippen molar-refractivity contribution in [2.75, 3.05) is 0 Å². The summed E-state index contributed by atoms with van der Waals surface area (Å²) in [6.45, 7) is 8.35. The Morgan fingerprint density at radius 2 is 1.43 bits per heavy atom. The lowest BCUT2D eigenvalue weighted by atomic mass is 9.82. The molecule has 3 unspecified atom stereocenters. The van der Waals surface area contributed by atoms with Gasteiger partial charge in [0.05, 0.1) is 11.1 Å². The standard InChI is InChI=1S/C31H42O4/c1-5-7-8-9-12-17-25(3)23-31(22-6-2,35-30(33)28-20-15-11-16-21-28)24-26(4)34-29(32)27-18-13-10-14-19-27/h10-21,25-26H,5-9,22-24H2,1-4H3. The maximum atomic E-state index is 13.1. The first-order valence-corrected chi connectivity index (χ1v) is 13.1. The van der Waals surface area contributed by atoms with Gasteiger partial charge in [-0.1, -0.05) is 88.6 Å². The van der Waals surface area contributed by atoms with Crippen LogP contribution in [0.3, 0.4) is 0 Å². The molecule has 35 heavy (non-hydrogen) atoms. The number of carbonyl (C=O) groups excluding carboxylic acids is 2. The van der Waals surface area contributed by atoms with Crippen molar-refractivity contribution < 1.29 is 19.1 Å². The van der Waals surface area contributed by atoms with Crippen molar-refractivity contribution in [2.24, 2.45) is 5.92 Å². The van der Waals surface area contributed by atoms with Crippen molar-refractivity contribution in [1.29, 1.82) is 0 Å². The zero-order valence-electron chi connectivity index (χ0n) is 21.9. The second kappa shape index (κ2) is 15.2. The number of allylic oxidation sites excluding steroid dienone is 2. The van der Waals surface area contributed by atoms with Crippen molar-refractivity contribution in [3.8, 4) is 0 Å². The molecule has 0 heterocycles. The van der Waals surface area contributed by atoms with Gasteiger partial charge in [-0.2, -0.15) is 0 Å². The number of rotatable bonds is 15. The van der Waals surface area contributed by atoms with E-state index in [4.69, 9.17) is 9.47 Å². The first-order chi connectivity index (χ1) is 16.9. The lowest BCUT2D eigenvalue weighted by Gasteiger charge is -2.37. The molecule has 3 atom stereocenters. The first kappa shape index (κ1) is 28.4. The Morgan fingerprint density at radius 3 is 2.00 bits per heavy atom. The van der Waals surface area contributed by atoms with Crippen LogP contribution in [0.5, 0.6) is 0 Å². The second-order valence-corrected chi connectivity index (χ2v) is 9.58. The molecule has 0 amide bonds. The predicted octanol–water partition coefficient (Wildman–Crippen LogP) is 8.18. The minimum Gasteiger partial charge on any atom is -0.459 e. The molecule has 0 aromatic heterocycles. The molecule has 0 saturated heterocycles. The SMILES string of the molecule is CCCCCC=CC(C)CC(CCC)(CC(C)OC(=O)c1ccccc1)OC(=O)c1ccccc1. The zero-order chi connectivity index (χ0) is 25.5. The highest BCUT2D eigenvalue weighted by atomic mass is 16.6. The maximum Gasteiger partial charge on any atom is 0.338 e. The van der Waals surface area contributed by atoms with E-state index in [1.807, 2.05) is 43.3 Å². The average molecular weight is 479 g/mol. The molecule has 2 aromatic rings. The molecule has 0 radical (unpaired) electrons. The van der Waals surface area contributed by atoms with Crippen LogP contribution in [0.2, 0.25) is 0 Å². The van der Waals surface area contributed by atoms with Crippen molar-refractivity contribution in [3.63, 3.8) is 0 Å². The molecule has 4 heteroatoms. The molecule has 0 aliphatic rings. The molecule has 0 bridgehead atoms. The van der Waals surface area contributed by atoms with Gasteiger partial charge >= 0.3 is 11.9 Å². The van der Waals surface area contributed by atoms with Gasteiger partial charge in [0.25, 0.3) is 0 Å². The van der Waals surface area contributed by atoms with Gasteiger partial charge < -0.3 is 9.47 Å². The zero-order valence-corrected chi connectivity index (χ0v) is 21.9. The van der Waals surface area contributed by atoms with Gasteiger partial charge in [-0.25, -0.2) is 9.59 Å². The van der Waals surface area contributed by atoms with Crippen molar-refractivity contribution in [1.82, 2.24) is 0 Å². The van der Waals surface area contributed by atoms with Crippen molar-refractivity contribution in [2.45, 2.75) is 90.8 Å². The summed E-state index contributed by atoms with van der Waals surface area (Å²) in [5.74, 6) is -0.467. The fraction of sp³-hybridized carbons (Fsp3) is 0.484. The summed E-state index contributed by atoms with van der Waals surface area (Å²) in [4.78, 5) is 25.8. The number of benzene rings is 2. The smallest absolute Gasteiger partial charge is 0.338 e. The van der Waals surface area contributed by atoms with E-state index in [-0.39, 0.29) is 17.9 Å². The number of ether oxygens (including phenoxy) is 2. The van der Waals surface area contributed by atoms with Crippen LogP contribution in [0.25, 0.3) is 0 Å². The molecule has 0 aliphatic heterocycles. The van der Waals surface area contributed by atoms with Crippen LogP contribution in [-0.4, -0.2) is 23.6 Å². The van der Waals surface area contributed by atoms with E-state index < -0.39 is 11.7 Å². The summed E-state index contributed by atoms with van der Waals surface area (Å²) < 4.78 is 12.1. The predicted molar refractivity (Wildman–Crippen MR) is 142 cm³/mol. The molecule has 4 nitrogen and oxygen atoms in total. The quantitative estimate of drug-likeness (QED) is 0.147. The fourth-order valence-electron chi connectivity index (χ4n) is 4.59. The topological polar surface area (TPSA) is 52.6 Å². The minimum atomic E-state index is -0.731. The van der Waals surface area contributed by atoms with Gasteiger partial charge in [0.1, 0.15) is 11.7 Å². The van der Waals surface area contributed by atoms with E-state index in [9.17, 15) is 9.59 Å². The van der Waals surface area contributed by atoms with E-state index in [2.05, 4.69) is 32.9 Å². The number of carbonyl (C=O) groups is 2. The number of hydrogen-bond acceptors (Lipinski definition) is 4. The Balaban J connectivity index is 2.20. The average Bonchev–Trinajstić information content (AvgIpc) is 2.85. The summed E-state index contributed by atoms with van der Waals surface area (Å²) in [5, 5.41) is 0. The van der Waals surface area contributed by atoms with Crippen LogP contribution in [0.1, 0.15) is 99.8 Å². The molecule has 2 aromatic carbocycles. The maximum absolute atomic E-state index is 13.1. The summed E-state index contributed by atoms with van der Waals surface area (Å²) in [5.41, 5.74) is 0.320. The second-order valence-electron chi connectivity index (χ2n) is 9.58. The third kappa shape index (κ3) is 10.1. The van der Waals surface area contributed by atoms with Crippen LogP contribution in [0.15, 0.2) is 72.8 Å². The summed E-state index contributed by atoms with van der Waals surface area (Å²) in [7, 11) is 0. The first-order valence-electron chi connectivity index (χ1n) is 13.1. The lowest BCUT2D eigenvalue weighted by molar-refractivity contribution is -0.0587. The van der Waals surface area contributed by atoms with Gasteiger partial charge in [-0.05, 0) is 62.8 Å². The molecule has 0 aliphatic carbocycles. The van der Waals surface area contributed by atoms with Gasteiger partial charge in [-0.15, -0.1) is 0 Å². The molecule has 0 fully saturated rings. The molecule has 0 spiro atoms. The highest BCUT2D eigenvalue weighted by Crippen LogP contribution is 2.34. The number of hydrogen-bond donors (Lipinski definition) is 0. The van der Waals surface area contributed by atoms with Crippen LogP contribution in [-0.2, 0) is 9.47 Å². The van der Waals surface area contributed by atoms with Crippen LogP contribution in [0, 0.1) is 5.92 Å². The highest BCUT2D eigenvalue weighted by Gasteiger charge is 2.37. The van der Waals surface area contributed by atoms with E-state index in [0.29, 0.717) is 30.4 Å². The van der Waals surface area contributed by atoms with Gasteiger partial charge in [0.2, 0.25) is 0 Å². The summed E-state index contributed by atoms with van der Waals surface area (Å²) in [6, 6.07) is 18.1. The largest absolute Gasteiger partial charge is 0.459 e. The van der Waals surface area contributed by atoms with Gasteiger partial charge in [0.15, 0.2) is 0 Å². The normalized spacial score (nSPS) is 14.7. The van der Waals surface area contributed by atoms with Crippen LogP contribution in [0.4, 0.5) is 0 Å². The van der Waals surface area contributed by atoms with E-state index >= 15 is 0 Å². The molecule has 2 rings (SSSR count). The Kier molecular flexibility index (Phi) is 12.3. The monoisotopic (exact) mass is 478 g/mol. The molecular formula is C31H42O4. The number of esters is 2. The fourth-order valence-corrected chi connectivity index (χ4v) is 4.59. The summed E-state index contributed by atoms with van der Waals surface area (Å²) >= 11 is 0. The summed E-state index contributed by atoms with van der Waals surface area (Å²) in [6.07, 6.45) is 11.5. The molecule has 0 saturated carbocycles. The van der Waals surface area contributed by atoms with Crippen LogP contribution < -0.4 is 0 Å². The molecule has 190 valence electrons. The Morgan fingerprint density at radius 1 is 0.829 bits per heavy atom. The molecule has 0 N–H and O–H groups in total. The third-order valence-electron chi connectivity index (χ3n) is 6.13. The van der Waals surface area contributed by atoms with Crippen molar-refractivity contribution >= 4 is 11.9 Å². The Hall–Kier alpha value is -2.88. The molecular weight excluding hydrogens is 436 g/mol. The number of unbranched alkanes of at least 4 members (excludes halogenated alkanes) is 3. The van der Waals surface area contributed by atoms with E-state index in [0.717, 1.165) is 12.8 Å². The van der Waals surface area contributed by atoms with Crippen molar-refractivity contribution in [3.05, 3.63) is 83.9 Å². The Bertz CT molecular complexity index is 906. The van der Waals surface area contributed by atoms with Gasteiger partial charge in [-0.3, -0.25) is 0 Å². The highest BCUT2D eigenvalue weighted by molar-refractivity contribution is 5.90. The van der Waals surface area contributed by atoms with Gasteiger partial charge in [0, 0.05) is 6.42 Å². The van der Waals surface area contributed by atoms with E-state index in [1.165, 1.54) is 19.3 Å². The van der Waals surface area contributed by atoms with E-state index in [1.54, 1.807) is 24.3 Å². The third-order valence-corrected chi connectivity index (χ3v) is 6.13. The lowest BCUT2D eigenvalue weighted by Crippen LogP contribution is -2.40. The minimum absolute atomic E-state index is 0.226. The Labute approximate surface area is 211 Å².